The predicted molar refractivity (Wildman–Crippen MR) is 71.9 cm³/mol. The molecule has 0 radical (unpaired) electrons. The standard InChI is InChI=1S/C14H24N2O3/c1-14(2)5-3-11(4-6-14)15-13(19)16-8-10(9-16)7-12(17)18/h10-11H,3-9H2,1-2H3,(H,15,19)(H,17,18). The third kappa shape index (κ3) is 3.85. The molecule has 19 heavy (non-hydrogen) atoms. The van der Waals surface area contributed by atoms with E-state index < -0.39 is 5.97 Å². The van der Waals surface area contributed by atoms with Gasteiger partial charge in [0, 0.05) is 25.0 Å². The highest BCUT2D eigenvalue weighted by atomic mass is 16.4. The van der Waals surface area contributed by atoms with Gasteiger partial charge in [0.15, 0.2) is 0 Å². The fourth-order valence-electron chi connectivity index (χ4n) is 2.92. The quantitative estimate of drug-likeness (QED) is 0.823. The molecule has 0 unspecified atom stereocenters. The topological polar surface area (TPSA) is 69.6 Å². The van der Waals surface area contributed by atoms with Gasteiger partial charge in [0.2, 0.25) is 0 Å². The van der Waals surface area contributed by atoms with Gasteiger partial charge < -0.3 is 15.3 Å². The predicted octanol–water partition coefficient (Wildman–Crippen LogP) is 2.07. The molecule has 2 aliphatic rings. The third-order valence-corrected chi connectivity index (χ3v) is 4.37. The number of carboxylic acids is 1. The molecule has 0 bridgehead atoms. The van der Waals surface area contributed by atoms with E-state index in [2.05, 4.69) is 19.2 Å². The molecule has 5 heteroatoms. The van der Waals surface area contributed by atoms with Gasteiger partial charge in [-0.05, 0) is 31.1 Å². The lowest BCUT2D eigenvalue weighted by Crippen LogP contribution is -2.56. The van der Waals surface area contributed by atoms with Crippen LogP contribution in [0.1, 0.15) is 46.0 Å². The molecule has 0 aromatic heterocycles. The Hall–Kier alpha value is -1.26. The molecule has 0 aromatic carbocycles. The van der Waals surface area contributed by atoms with Gasteiger partial charge in [-0.15, -0.1) is 0 Å². The maximum Gasteiger partial charge on any atom is 0.317 e. The Bertz CT molecular complexity index is 352. The van der Waals surface area contributed by atoms with E-state index in [-0.39, 0.29) is 18.4 Å². The number of aliphatic carboxylic acids is 1. The number of amides is 2. The minimum atomic E-state index is -0.778. The van der Waals surface area contributed by atoms with Crippen molar-refractivity contribution in [2.24, 2.45) is 11.3 Å². The summed E-state index contributed by atoms with van der Waals surface area (Å²) in [6.45, 7) is 5.71. The number of hydrogen-bond acceptors (Lipinski definition) is 2. The lowest BCUT2D eigenvalue weighted by atomic mass is 9.75. The lowest BCUT2D eigenvalue weighted by molar-refractivity contribution is -0.139. The monoisotopic (exact) mass is 268 g/mol. The normalized spacial score (nSPS) is 23.8. The maximum atomic E-state index is 12.0. The van der Waals surface area contributed by atoms with Crippen molar-refractivity contribution in [3.05, 3.63) is 0 Å². The fraction of sp³-hybridized carbons (Fsp3) is 0.857. The molecule has 108 valence electrons. The molecule has 2 rings (SSSR count). The van der Waals surface area contributed by atoms with E-state index in [0.29, 0.717) is 24.5 Å². The van der Waals surface area contributed by atoms with Crippen molar-refractivity contribution in [3.8, 4) is 0 Å². The summed E-state index contributed by atoms with van der Waals surface area (Å²) < 4.78 is 0. The van der Waals surface area contributed by atoms with Crippen LogP contribution in [-0.2, 0) is 4.79 Å². The van der Waals surface area contributed by atoms with E-state index in [9.17, 15) is 9.59 Å². The second kappa shape index (κ2) is 5.39. The Balaban J connectivity index is 1.68. The van der Waals surface area contributed by atoms with Crippen LogP contribution in [0.25, 0.3) is 0 Å². The molecule has 1 heterocycles. The zero-order valence-corrected chi connectivity index (χ0v) is 11.8. The zero-order valence-electron chi connectivity index (χ0n) is 11.8. The number of carboxylic acid groups (broad SMARTS) is 1. The molecule has 5 nitrogen and oxygen atoms in total. The summed E-state index contributed by atoms with van der Waals surface area (Å²) in [4.78, 5) is 24.2. The van der Waals surface area contributed by atoms with Crippen molar-refractivity contribution in [3.63, 3.8) is 0 Å². The summed E-state index contributed by atoms with van der Waals surface area (Å²) in [5.41, 5.74) is 0.407. The minimum absolute atomic E-state index is 0.0219. The Morgan fingerprint density at radius 3 is 2.37 bits per heavy atom. The van der Waals surface area contributed by atoms with E-state index in [1.54, 1.807) is 4.90 Å². The van der Waals surface area contributed by atoms with E-state index in [1.807, 2.05) is 0 Å². The van der Waals surface area contributed by atoms with Crippen molar-refractivity contribution in [2.45, 2.75) is 52.0 Å². The first-order valence-corrected chi connectivity index (χ1v) is 7.13. The average molecular weight is 268 g/mol. The second-order valence-corrected chi connectivity index (χ2v) is 6.76. The van der Waals surface area contributed by atoms with E-state index in [0.717, 1.165) is 25.7 Å². The minimum Gasteiger partial charge on any atom is -0.481 e. The molecule has 2 amide bonds. The number of nitrogens with zero attached hydrogens (tertiary/aromatic N) is 1. The Labute approximate surface area is 114 Å². The first kappa shape index (κ1) is 14.2. The summed E-state index contributed by atoms with van der Waals surface area (Å²) in [6.07, 6.45) is 4.57. The van der Waals surface area contributed by atoms with Crippen LogP contribution in [0.3, 0.4) is 0 Å². The van der Waals surface area contributed by atoms with E-state index in [4.69, 9.17) is 5.11 Å². The van der Waals surface area contributed by atoms with Crippen LogP contribution in [0, 0.1) is 11.3 Å². The summed E-state index contributed by atoms with van der Waals surface area (Å²) >= 11 is 0. The Morgan fingerprint density at radius 1 is 1.26 bits per heavy atom. The van der Waals surface area contributed by atoms with Crippen LogP contribution in [-0.4, -0.2) is 41.1 Å². The van der Waals surface area contributed by atoms with Crippen molar-refractivity contribution >= 4 is 12.0 Å². The van der Waals surface area contributed by atoms with E-state index in [1.165, 1.54) is 0 Å². The third-order valence-electron chi connectivity index (χ3n) is 4.37. The number of carbonyl (C=O) groups is 2. The van der Waals surface area contributed by atoms with Crippen LogP contribution in [0.5, 0.6) is 0 Å². The first-order chi connectivity index (χ1) is 8.85. The van der Waals surface area contributed by atoms with Gasteiger partial charge in [0.1, 0.15) is 0 Å². The van der Waals surface area contributed by atoms with Gasteiger partial charge in [-0.2, -0.15) is 0 Å². The van der Waals surface area contributed by atoms with Crippen molar-refractivity contribution in [1.29, 1.82) is 0 Å². The van der Waals surface area contributed by atoms with Crippen LogP contribution in [0.15, 0.2) is 0 Å². The molecule has 0 atom stereocenters. The van der Waals surface area contributed by atoms with Crippen molar-refractivity contribution in [1.82, 2.24) is 10.2 Å². The Kier molecular flexibility index (Phi) is 4.02. The van der Waals surface area contributed by atoms with Gasteiger partial charge in [-0.25, -0.2) is 4.79 Å². The molecule has 1 saturated carbocycles. The molecule has 1 aliphatic carbocycles. The zero-order chi connectivity index (χ0) is 14.0. The number of urea groups is 1. The van der Waals surface area contributed by atoms with Crippen molar-refractivity contribution in [2.75, 3.05) is 13.1 Å². The summed E-state index contributed by atoms with van der Waals surface area (Å²) in [7, 11) is 0. The van der Waals surface area contributed by atoms with Gasteiger partial charge in [-0.1, -0.05) is 13.8 Å². The molecule has 2 N–H and O–H groups in total. The van der Waals surface area contributed by atoms with Gasteiger partial charge in [0.05, 0.1) is 6.42 Å². The highest BCUT2D eigenvalue weighted by Gasteiger charge is 2.34. The highest BCUT2D eigenvalue weighted by Crippen LogP contribution is 2.35. The number of nitrogens with one attached hydrogen (secondary N) is 1. The van der Waals surface area contributed by atoms with Crippen LogP contribution in [0.2, 0.25) is 0 Å². The van der Waals surface area contributed by atoms with Crippen LogP contribution >= 0.6 is 0 Å². The average Bonchev–Trinajstić information content (AvgIpc) is 2.25. The lowest BCUT2D eigenvalue weighted by Gasteiger charge is -2.41. The molecule has 0 aromatic rings. The van der Waals surface area contributed by atoms with Gasteiger partial charge in [-0.3, -0.25) is 4.79 Å². The van der Waals surface area contributed by atoms with Gasteiger partial charge in [0.25, 0.3) is 0 Å². The SMILES string of the molecule is CC1(C)CCC(NC(=O)N2CC(CC(=O)O)C2)CC1. The molecule has 0 spiro atoms. The second-order valence-electron chi connectivity index (χ2n) is 6.76. The highest BCUT2D eigenvalue weighted by molar-refractivity contribution is 5.76. The number of carbonyl (C=O) groups excluding carboxylic acids is 1. The molecule has 2 fully saturated rings. The molecular formula is C14H24N2O3. The Morgan fingerprint density at radius 2 is 1.84 bits per heavy atom. The van der Waals surface area contributed by atoms with Crippen LogP contribution < -0.4 is 5.32 Å². The summed E-state index contributed by atoms with van der Waals surface area (Å²) in [5.74, 6) is -0.645. The summed E-state index contributed by atoms with van der Waals surface area (Å²) in [6, 6.07) is 0.269. The molecule has 1 aliphatic heterocycles. The summed E-state index contributed by atoms with van der Waals surface area (Å²) in [5, 5.41) is 11.7. The van der Waals surface area contributed by atoms with Crippen LogP contribution in [0.4, 0.5) is 4.79 Å². The van der Waals surface area contributed by atoms with E-state index >= 15 is 0 Å². The molecule has 1 saturated heterocycles. The largest absolute Gasteiger partial charge is 0.481 e. The first-order valence-electron chi connectivity index (χ1n) is 7.13. The maximum absolute atomic E-state index is 12.0. The number of hydrogen-bond donors (Lipinski definition) is 2. The number of rotatable bonds is 3. The van der Waals surface area contributed by atoms with Gasteiger partial charge >= 0.3 is 12.0 Å². The van der Waals surface area contributed by atoms with Crippen molar-refractivity contribution < 1.29 is 14.7 Å². The number of likely N-dealkylation sites (tertiary alicyclic amines) is 1. The smallest absolute Gasteiger partial charge is 0.317 e. The molecular weight excluding hydrogens is 244 g/mol. The fourth-order valence-corrected chi connectivity index (χ4v) is 2.92.